The molecule has 0 bridgehead atoms. The summed E-state index contributed by atoms with van der Waals surface area (Å²) < 4.78 is 10.8. The molecule has 0 spiro atoms. The zero-order valence-corrected chi connectivity index (χ0v) is 13.5. The number of carbonyl (C=O) groups excluding carboxylic acids is 1. The lowest BCUT2D eigenvalue weighted by Crippen LogP contribution is -2.43. The molecule has 1 aliphatic rings. The molecule has 1 amide bonds. The molecule has 0 aliphatic carbocycles. The number of benzene rings is 2. The summed E-state index contributed by atoms with van der Waals surface area (Å²) in [4.78, 5) is 14.3. The van der Waals surface area contributed by atoms with E-state index >= 15 is 0 Å². The molecule has 0 aromatic heterocycles. The van der Waals surface area contributed by atoms with E-state index in [0.717, 1.165) is 17.0 Å². The molecule has 1 heterocycles. The van der Waals surface area contributed by atoms with Crippen LogP contribution in [-0.2, 0) is 6.54 Å². The maximum Gasteiger partial charge on any atom is 0.258 e. The molecule has 0 radical (unpaired) electrons. The Bertz CT molecular complexity index is 733. The first kappa shape index (κ1) is 16.1. The van der Waals surface area contributed by atoms with Gasteiger partial charge in [-0.3, -0.25) is 4.79 Å². The van der Waals surface area contributed by atoms with Gasteiger partial charge in [0.05, 0.1) is 26.1 Å². The zero-order chi connectivity index (χ0) is 16.9. The van der Waals surface area contributed by atoms with Gasteiger partial charge >= 0.3 is 0 Å². The smallest absolute Gasteiger partial charge is 0.258 e. The van der Waals surface area contributed by atoms with Crippen molar-refractivity contribution in [2.75, 3.05) is 31.9 Å². The number of hydrogen-bond acceptors (Lipinski definition) is 5. The minimum Gasteiger partial charge on any atom is -0.497 e. The fourth-order valence-electron chi connectivity index (χ4n) is 2.76. The second-order valence-electron chi connectivity index (χ2n) is 5.44. The lowest BCUT2D eigenvalue weighted by molar-refractivity contribution is 0.0941. The predicted molar refractivity (Wildman–Crippen MR) is 90.5 cm³/mol. The van der Waals surface area contributed by atoms with Crippen LogP contribution in [0.4, 0.5) is 5.69 Å². The monoisotopic (exact) mass is 328 g/mol. The van der Waals surface area contributed by atoms with Gasteiger partial charge in [-0.2, -0.15) is 0 Å². The number of anilines is 1. The Morgan fingerprint density at radius 3 is 2.88 bits per heavy atom. The molecule has 3 rings (SSSR count). The normalized spacial score (nSPS) is 13.2. The Morgan fingerprint density at radius 2 is 2.08 bits per heavy atom. The summed E-state index contributed by atoms with van der Waals surface area (Å²) in [7, 11) is 1.64. The van der Waals surface area contributed by atoms with Gasteiger partial charge in [-0.25, -0.2) is 0 Å². The van der Waals surface area contributed by atoms with E-state index in [-0.39, 0.29) is 19.1 Å². The van der Waals surface area contributed by atoms with Crippen LogP contribution in [0.3, 0.4) is 0 Å². The number of amides is 1. The van der Waals surface area contributed by atoms with Gasteiger partial charge in [0.2, 0.25) is 0 Å². The van der Waals surface area contributed by atoms with Crippen LogP contribution in [-0.4, -0.2) is 38.0 Å². The number of aliphatic hydroxyl groups excluding tert-OH is 1. The molecule has 2 aromatic carbocycles. The van der Waals surface area contributed by atoms with Crippen molar-refractivity contribution in [2.24, 2.45) is 0 Å². The topological polar surface area (TPSA) is 71.0 Å². The van der Waals surface area contributed by atoms with Crippen LogP contribution in [0.5, 0.6) is 11.5 Å². The number of nitrogens with zero attached hydrogens (tertiary/aromatic N) is 1. The van der Waals surface area contributed by atoms with E-state index in [4.69, 9.17) is 14.6 Å². The lowest BCUT2D eigenvalue weighted by atomic mass is 10.1. The Hall–Kier alpha value is -2.73. The van der Waals surface area contributed by atoms with Crippen LogP contribution in [0.25, 0.3) is 0 Å². The average Bonchev–Trinajstić information content (AvgIpc) is 2.62. The van der Waals surface area contributed by atoms with Crippen molar-refractivity contribution in [3.05, 3.63) is 53.6 Å². The SMILES string of the molecule is COc1cccc(CN2CNC(=O)c3c(OCCO)cccc32)c1. The van der Waals surface area contributed by atoms with E-state index in [1.807, 2.05) is 36.4 Å². The predicted octanol–water partition coefficient (Wildman–Crippen LogP) is 1.77. The fraction of sp³-hybridized carbons (Fsp3) is 0.278. The number of carbonyl (C=O) groups is 1. The maximum atomic E-state index is 12.3. The molecule has 0 fully saturated rings. The van der Waals surface area contributed by atoms with Crippen LogP contribution < -0.4 is 19.7 Å². The Labute approximate surface area is 140 Å². The lowest BCUT2D eigenvalue weighted by Gasteiger charge is -2.32. The molecule has 2 aromatic rings. The third-order valence-electron chi connectivity index (χ3n) is 3.86. The largest absolute Gasteiger partial charge is 0.497 e. The van der Waals surface area contributed by atoms with E-state index in [1.165, 1.54) is 0 Å². The van der Waals surface area contributed by atoms with Crippen molar-refractivity contribution in [2.45, 2.75) is 6.54 Å². The fourth-order valence-corrected chi connectivity index (χ4v) is 2.76. The van der Waals surface area contributed by atoms with Gasteiger partial charge in [0, 0.05) is 6.54 Å². The second kappa shape index (κ2) is 7.23. The number of nitrogens with one attached hydrogen (secondary N) is 1. The maximum absolute atomic E-state index is 12.3. The molecule has 0 atom stereocenters. The minimum atomic E-state index is -0.166. The van der Waals surface area contributed by atoms with Gasteiger partial charge in [-0.1, -0.05) is 18.2 Å². The number of ether oxygens (including phenoxy) is 2. The van der Waals surface area contributed by atoms with Crippen molar-refractivity contribution in [3.63, 3.8) is 0 Å². The summed E-state index contributed by atoms with van der Waals surface area (Å²) in [6, 6.07) is 13.3. The van der Waals surface area contributed by atoms with Crippen LogP contribution >= 0.6 is 0 Å². The van der Waals surface area contributed by atoms with Gasteiger partial charge in [0.25, 0.3) is 5.91 Å². The van der Waals surface area contributed by atoms with Gasteiger partial charge in [0.1, 0.15) is 23.7 Å². The number of rotatable bonds is 6. The van der Waals surface area contributed by atoms with Gasteiger partial charge in [-0.15, -0.1) is 0 Å². The van der Waals surface area contributed by atoms with Crippen molar-refractivity contribution in [1.82, 2.24) is 5.32 Å². The quantitative estimate of drug-likeness (QED) is 0.846. The number of fused-ring (bicyclic) bond motifs is 1. The van der Waals surface area contributed by atoms with Crippen LogP contribution in [0.1, 0.15) is 15.9 Å². The first-order chi connectivity index (χ1) is 11.7. The molecule has 126 valence electrons. The minimum absolute atomic E-state index is 0.0984. The van der Waals surface area contributed by atoms with Gasteiger partial charge in [-0.05, 0) is 29.8 Å². The van der Waals surface area contributed by atoms with Crippen LogP contribution in [0.2, 0.25) is 0 Å². The van der Waals surface area contributed by atoms with E-state index < -0.39 is 0 Å². The first-order valence-electron chi connectivity index (χ1n) is 7.75. The van der Waals surface area contributed by atoms with E-state index in [9.17, 15) is 4.79 Å². The highest BCUT2D eigenvalue weighted by atomic mass is 16.5. The van der Waals surface area contributed by atoms with Crippen LogP contribution in [0, 0.1) is 0 Å². The molecular formula is C18H20N2O4. The molecule has 0 saturated carbocycles. The first-order valence-corrected chi connectivity index (χ1v) is 7.75. The van der Waals surface area contributed by atoms with Crippen LogP contribution in [0.15, 0.2) is 42.5 Å². The summed E-state index contributed by atoms with van der Waals surface area (Å²) in [5.41, 5.74) is 2.40. The third-order valence-corrected chi connectivity index (χ3v) is 3.86. The average molecular weight is 328 g/mol. The summed E-state index contributed by atoms with van der Waals surface area (Å²) >= 11 is 0. The van der Waals surface area contributed by atoms with Crippen molar-refractivity contribution < 1.29 is 19.4 Å². The molecule has 6 heteroatoms. The Balaban J connectivity index is 1.90. The van der Waals surface area contributed by atoms with Gasteiger partial charge in [0.15, 0.2) is 0 Å². The molecule has 24 heavy (non-hydrogen) atoms. The van der Waals surface area contributed by atoms with E-state index in [0.29, 0.717) is 24.5 Å². The Morgan fingerprint density at radius 1 is 1.25 bits per heavy atom. The highest BCUT2D eigenvalue weighted by molar-refractivity contribution is 6.04. The number of hydrogen-bond donors (Lipinski definition) is 2. The highest BCUT2D eigenvalue weighted by Gasteiger charge is 2.26. The molecule has 6 nitrogen and oxygen atoms in total. The summed E-state index contributed by atoms with van der Waals surface area (Å²) in [6.45, 7) is 1.11. The van der Waals surface area contributed by atoms with Gasteiger partial charge < -0.3 is 24.8 Å². The van der Waals surface area contributed by atoms with E-state index in [2.05, 4.69) is 10.2 Å². The molecular weight excluding hydrogens is 308 g/mol. The molecule has 0 unspecified atom stereocenters. The molecule has 0 saturated heterocycles. The Kier molecular flexibility index (Phi) is 4.86. The molecule has 1 aliphatic heterocycles. The molecule has 2 N–H and O–H groups in total. The summed E-state index contributed by atoms with van der Waals surface area (Å²) in [6.07, 6.45) is 0. The number of methoxy groups -OCH3 is 1. The van der Waals surface area contributed by atoms with Crippen molar-refractivity contribution in [1.29, 1.82) is 0 Å². The second-order valence-corrected chi connectivity index (χ2v) is 5.44. The third kappa shape index (κ3) is 3.28. The summed E-state index contributed by atoms with van der Waals surface area (Å²) in [5.74, 6) is 1.11. The highest BCUT2D eigenvalue weighted by Crippen LogP contribution is 2.32. The number of aliphatic hydroxyl groups is 1. The summed E-state index contributed by atoms with van der Waals surface area (Å²) in [5, 5.41) is 11.8. The standard InChI is InChI=1S/C18H20N2O4/c1-23-14-5-2-4-13(10-14)11-20-12-19-18(22)17-15(20)6-3-7-16(17)24-9-8-21/h2-7,10,21H,8-9,11-12H2,1H3,(H,19,22). The zero-order valence-electron chi connectivity index (χ0n) is 13.5. The van der Waals surface area contributed by atoms with Crippen molar-refractivity contribution >= 4 is 11.6 Å². The van der Waals surface area contributed by atoms with E-state index in [1.54, 1.807) is 13.2 Å². The van der Waals surface area contributed by atoms with Crippen molar-refractivity contribution in [3.8, 4) is 11.5 Å².